The summed E-state index contributed by atoms with van der Waals surface area (Å²) in [6, 6.07) is 12.6. The highest BCUT2D eigenvalue weighted by atomic mass is 35.5. The number of rotatable bonds is 8. The molecule has 2 heterocycles. The molecule has 6 rings (SSSR count). The molecule has 0 amide bonds. The Labute approximate surface area is 334 Å². The van der Waals surface area contributed by atoms with E-state index in [4.69, 9.17) is 34.8 Å². The van der Waals surface area contributed by atoms with Crippen molar-refractivity contribution in [2.45, 2.75) is 9.79 Å². The smallest absolute Gasteiger partial charge is 0.296 e. The lowest BCUT2D eigenvalue weighted by atomic mass is 9.93. The molecule has 3 aromatic carbocycles. The maximum atomic E-state index is 14.1. The molecule has 57 heavy (non-hydrogen) atoms. The maximum Gasteiger partial charge on any atom is 0.296 e. The molecule has 0 fully saturated rings. The minimum atomic E-state index is -5.30. The average Bonchev–Trinajstić information content (AvgIpc) is 3.12. The van der Waals surface area contributed by atoms with Crippen LogP contribution in [-0.2, 0) is 30.4 Å². The topological polar surface area (TPSA) is 330 Å². The Morgan fingerprint density at radius 3 is 2.04 bits per heavy atom. The van der Waals surface area contributed by atoms with E-state index in [-0.39, 0.29) is 37.8 Å². The number of para-hydroxylation sites is 1. The third-order valence-corrected chi connectivity index (χ3v) is 10.9. The van der Waals surface area contributed by atoms with Crippen molar-refractivity contribution < 1.29 is 43.7 Å². The van der Waals surface area contributed by atoms with Crippen LogP contribution in [0, 0.1) is 0 Å². The van der Waals surface area contributed by atoms with Crippen molar-refractivity contribution in [2.24, 2.45) is 25.1 Å². The van der Waals surface area contributed by atoms with Crippen LogP contribution in [0.2, 0.25) is 15.5 Å². The number of ketones is 1. The second-order valence-corrected chi connectivity index (χ2v) is 16.5. The molecule has 0 aliphatic heterocycles. The summed E-state index contributed by atoms with van der Waals surface area (Å²) in [5.41, 5.74) is -0.0623. The first-order chi connectivity index (χ1) is 26.7. The molecule has 1 aliphatic carbocycles. The summed E-state index contributed by atoms with van der Waals surface area (Å²) in [7, 11) is -13.8. The van der Waals surface area contributed by atoms with Crippen LogP contribution in [0.5, 0.6) is 0 Å². The van der Waals surface area contributed by atoms with Gasteiger partial charge in [-0.3, -0.25) is 43.8 Å². The molecule has 8 N–H and O–H groups in total. The van der Waals surface area contributed by atoms with E-state index in [1.807, 2.05) is 0 Å². The number of hydrazone groups is 1. The number of nitrogens with one attached hydrogen (secondary N) is 5. The minimum Gasteiger partial charge on any atom is -0.314 e. The Balaban J connectivity index is 1.54. The van der Waals surface area contributed by atoms with Crippen molar-refractivity contribution in [3.63, 3.8) is 0 Å². The van der Waals surface area contributed by atoms with Crippen LogP contribution in [0.25, 0.3) is 6.08 Å². The van der Waals surface area contributed by atoms with Crippen LogP contribution in [0.3, 0.4) is 0 Å². The van der Waals surface area contributed by atoms with Crippen molar-refractivity contribution in [3.05, 3.63) is 114 Å². The van der Waals surface area contributed by atoms with Crippen LogP contribution in [0.4, 0.5) is 22.7 Å². The zero-order valence-electron chi connectivity index (χ0n) is 28.1. The highest BCUT2D eigenvalue weighted by Gasteiger charge is 2.36. The van der Waals surface area contributed by atoms with Gasteiger partial charge in [0.05, 0.1) is 33.2 Å². The van der Waals surface area contributed by atoms with E-state index >= 15 is 0 Å². The number of allylic oxidation sites excluding steroid dienone is 1. The Morgan fingerprint density at radius 2 is 1.39 bits per heavy atom. The van der Waals surface area contributed by atoms with Crippen molar-refractivity contribution in [1.29, 1.82) is 0 Å². The molecule has 2 aromatic heterocycles. The lowest BCUT2D eigenvalue weighted by Gasteiger charge is -2.18. The zero-order valence-corrected chi connectivity index (χ0v) is 32.8. The van der Waals surface area contributed by atoms with Crippen molar-refractivity contribution in [3.8, 4) is 0 Å². The first-order valence-corrected chi connectivity index (χ1v) is 20.7. The summed E-state index contributed by atoms with van der Waals surface area (Å²) in [6.07, 6.45) is 0.686. The maximum absolute atomic E-state index is 14.1. The number of halogens is 3. The SMILES string of the molecule is CN=c1[nH]c(=Nc2cccc(N=c3[nH]c(Cl)nc(Cl)c3Cl)c2)[nH]c(=Nc2cc(S(=O)(=O)O)cc3c2C(=O)/C(=N/Nc2ccccc2S(=O)(=O)O)C(S(=O)(=O)O)=C3)[nH]1. The number of aromatic amines is 4. The van der Waals surface area contributed by atoms with Gasteiger partial charge in [-0.1, -0.05) is 41.4 Å². The number of nitrogens with zero attached hydrogens (tertiary/aromatic N) is 6. The van der Waals surface area contributed by atoms with Gasteiger partial charge in [0.2, 0.25) is 27.9 Å². The third-order valence-electron chi connectivity index (χ3n) is 7.40. The van der Waals surface area contributed by atoms with E-state index in [0.717, 1.165) is 24.3 Å². The van der Waals surface area contributed by atoms with Crippen molar-refractivity contribution in [1.82, 2.24) is 24.9 Å². The van der Waals surface area contributed by atoms with Gasteiger partial charge < -0.3 is 4.98 Å². The molecule has 0 saturated heterocycles. The molecule has 21 nitrogen and oxygen atoms in total. The highest BCUT2D eigenvalue weighted by Crippen LogP contribution is 2.35. The van der Waals surface area contributed by atoms with Crippen LogP contribution < -0.4 is 27.8 Å². The molecule has 0 saturated carbocycles. The number of hydrogen-bond donors (Lipinski definition) is 8. The average molecular weight is 899 g/mol. The fraction of sp³-hybridized carbons (Fsp3) is 0.0333. The summed E-state index contributed by atoms with van der Waals surface area (Å²) in [5.74, 6) is -1.26. The van der Waals surface area contributed by atoms with E-state index < -0.39 is 79.0 Å². The van der Waals surface area contributed by atoms with Crippen molar-refractivity contribution >= 4 is 105 Å². The second-order valence-electron chi connectivity index (χ2n) is 11.2. The quantitative estimate of drug-likeness (QED) is 0.0482. The van der Waals surface area contributed by atoms with E-state index in [9.17, 15) is 43.7 Å². The van der Waals surface area contributed by atoms with Gasteiger partial charge in [0, 0.05) is 7.05 Å². The molecular weight excluding hydrogens is 877 g/mol. The summed E-state index contributed by atoms with van der Waals surface area (Å²) >= 11 is 18.2. The number of carbonyl (C=O) groups excluding carboxylic acids is 1. The lowest BCUT2D eigenvalue weighted by Crippen LogP contribution is -2.37. The summed E-state index contributed by atoms with van der Waals surface area (Å²) < 4.78 is 103. The predicted molar refractivity (Wildman–Crippen MR) is 204 cm³/mol. The van der Waals surface area contributed by atoms with Gasteiger partial charge in [0.25, 0.3) is 30.4 Å². The number of anilines is 1. The standard InChI is InChI=1S/C30H22Cl3N11O10S3/c1-34-28-40-29(36-15-6-4-5-14(11-15)35-26-22(31)25(32)38-27(33)39-26)42-30(41-28)37-18-12-16(55(46,47)48)9-13-10-20(57(52,53)54)23(24(45)21(13)18)44-43-17-7-2-3-8-19(17)56(49,50)51/h2-12,43H,1H3,(H,35,38,39)(H,46,47,48)(H,49,50,51)(H,52,53,54)(H3,34,36,37,40,41,42)/b44-23+. The summed E-state index contributed by atoms with van der Waals surface area (Å²) in [4.78, 5) is 43.5. The Bertz CT molecular complexity index is 3230. The number of hydrogen-bond acceptors (Lipinski definition) is 14. The third kappa shape index (κ3) is 9.36. The van der Waals surface area contributed by atoms with Crippen LogP contribution >= 0.6 is 34.8 Å². The number of fused-ring (bicyclic) bond motifs is 1. The minimum absolute atomic E-state index is 0.00435. The monoisotopic (exact) mass is 897 g/mol. The zero-order chi connectivity index (χ0) is 41.4. The first kappa shape index (κ1) is 41.1. The predicted octanol–water partition coefficient (Wildman–Crippen LogP) is 2.97. The Morgan fingerprint density at radius 1 is 0.737 bits per heavy atom. The number of Topliss-reactive ketones (excluding diaryl/α,β-unsaturated/α-hetero) is 1. The van der Waals surface area contributed by atoms with E-state index in [1.54, 1.807) is 18.2 Å². The van der Waals surface area contributed by atoms with E-state index in [2.05, 4.69) is 55.4 Å². The second kappa shape index (κ2) is 15.8. The lowest BCUT2D eigenvalue weighted by molar-refractivity contribution is 0.106. The molecule has 0 spiro atoms. The molecule has 0 unspecified atom stereocenters. The van der Waals surface area contributed by atoms with Gasteiger partial charge in [0.15, 0.2) is 16.4 Å². The molecule has 1 aliphatic rings. The molecule has 27 heteroatoms. The highest BCUT2D eigenvalue weighted by molar-refractivity contribution is 7.91. The number of aromatic nitrogens is 5. The van der Waals surface area contributed by atoms with Gasteiger partial charge in [-0.2, -0.15) is 30.4 Å². The van der Waals surface area contributed by atoms with E-state index in [1.165, 1.54) is 25.2 Å². The molecule has 0 bridgehead atoms. The normalized spacial score (nSPS) is 15.6. The summed E-state index contributed by atoms with van der Waals surface area (Å²) in [5, 5.41) is 3.60. The Kier molecular flexibility index (Phi) is 11.4. The number of carbonyl (C=O) groups is 1. The van der Waals surface area contributed by atoms with Gasteiger partial charge in [-0.15, -0.1) is 0 Å². The van der Waals surface area contributed by atoms with Crippen molar-refractivity contribution in [2.75, 3.05) is 12.5 Å². The molecule has 0 radical (unpaired) electrons. The molecule has 0 atom stereocenters. The Hall–Kier alpha value is -5.57. The molecule has 296 valence electrons. The van der Waals surface area contributed by atoms with Gasteiger partial charge in [-0.05, 0) is 65.7 Å². The summed E-state index contributed by atoms with van der Waals surface area (Å²) in [6.45, 7) is 0. The fourth-order valence-electron chi connectivity index (χ4n) is 5.02. The number of benzene rings is 3. The number of H-pyrrole nitrogens is 4. The largest absolute Gasteiger partial charge is 0.314 e. The molecule has 5 aromatic rings. The van der Waals surface area contributed by atoms with Crippen LogP contribution in [0.15, 0.2) is 100 Å². The molecular formula is C30H22Cl3N11O10S3. The van der Waals surface area contributed by atoms with Crippen LogP contribution in [0.1, 0.15) is 15.9 Å². The van der Waals surface area contributed by atoms with E-state index in [0.29, 0.717) is 17.5 Å². The fourth-order valence-corrected chi connectivity index (χ4v) is 7.38. The first-order valence-electron chi connectivity index (χ1n) is 15.2. The van der Waals surface area contributed by atoms with Gasteiger partial charge in [-0.25, -0.2) is 20.0 Å². The van der Waals surface area contributed by atoms with Gasteiger partial charge >= 0.3 is 0 Å². The van der Waals surface area contributed by atoms with Gasteiger partial charge in [0.1, 0.15) is 14.8 Å². The van der Waals surface area contributed by atoms with Crippen LogP contribution in [-0.4, -0.2) is 82.4 Å².